The van der Waals surface area contributed by atoms with Gasteiger partial charge in [0.15, 0.2) is 0 Å². The summed E-state index contributed by atoms with van der Waals surface area (Å²) in [4.78, 5) is 21.2. The molecule has 1 aromatic heterocycles. The third-order valence-electron chi connectivity index (χ3n) is 2.16. The van der Waals surface area contributed by atoms with Crippen molar-refractivity contribution in [1.82, 2.24) is 5.43 Å². The molecule has 19 heavy (non-hydrogen) atoms. The Hall–Kier alpha value is -2.90. The Kier molecular flexibility index (Phi) is 3.42. The van der Waals surface area contributed by atoms with Crippen LogP contribution >= 0.6 is 0 Å². The summed E-state index contributed by atoms with van der Waals surface area (Å²) in [7, 11) is 0. The van der Waals surface area contributed by atoms with Crippen molar-refractivity contribution in [3.8, 4) is 0 Å². The molecule has 1 heterocycles. The van der Waals surface area contributed by atoms with Crippen molar-refractivity contribution in [3.63, 3.8) is 0 Å². The van der Waals surface area contributed by atoms with E-state index in [0.717, 1.165) is 6.07 Å². The van der Waals surface area contributed by atoms with Gasteiger partial charge in [0, 0.05) is 0 Å². The SMILES string of the molecule is O=C(NNc1ccc(F)cc1)c1ccc([N+](=O)[O-])o1. The van der Waals surface area contributed by atoms with Crippen molar-refractivity contribution in [3.05, 3.63) is 58.1 Å². The number of rotatable bonds is 4. The van der Waals surface area contributed by atoms with Crippen LogP contribution in [0.15, 0.2) is 40.8 Å². The minimum atomic E-state index is -0.746. The Morgan fingerprint density at radius 1 is 1.21 bits per heavy atom. The summed E-state index contributed by atoms with van der Waals surface area (Å²) in [5.41, 5.74) is 5.23. The number of hydrogen-bond acceptors (Lipinski definition) is 5. The largest absolute Gasteiger partial charge is 0.433 e. The van der Waals surface area contributed by atoms with Crippen LogP contribution in [-0.4, -0.2) is 10.8 Å². The van der Waals surface area contributed by atoms with Crippen molar-refractivity contribution < 1.29 is 18.5 Å². The Balaban J connectivity index is 1.97. The third-order valence-corrected chi connectivity index (χ3v) is 2.16. The van der Waals surface area contributed by atoms with E-state index in [0.29, 0.717) is 5.69 Å². The van der Waals surface area contributed by atoms with E-state index in [-0.39, 0.29) is 5.76 Å². The molecule has 1 amide bonds. The highest BCUT2D eigenvalue weighted by Crippen LogP contribution is 2.15. The average molecular weight is 265 g/mol. The van der Waals surface area contributed by atoms with Crippen LogP contribution < -0.4 is 10.9 Å². The predicted octanol–water partition coefficient (Wildman–Crippen LogP) is 2.08. The number of amides is 1. The van der Waals surface area contributed by atoms with Gasteiger partial charge in [-0.3, -0.25) is 25.8 Å². The minimum absolute atomic E-state index is 0.207. The fourth-order valence-corrected chi connectivity index (χ4v) is 1.27. The molecular weight excluding hydrogens is 257 g/mol. The Morgan fingerprint density at radius 3 is 2.47 bits per heavy atom. The molecule has 0 radical (unpaired) electrons. The molecule has 2 rings (SSSR count). The summed E-state index contributed by atoms with van der Waals surface area (Å²) < 4.78 is 17.3. The second-order valence-electron chi connectivity index (χ2n) is 3.48. The van der Waals surface area contributed by atoms with E-state index in [2.05, 4.69) is 10.9 Å². The van der Waals surface area contributed by atoms with Crippen molar-refractivity contribution in [2.45, 2.75) is 0 Å². The molecule has 0 fully saturated rings. The van der Waals surface area contributed by atoms with Gasteiger partial charge in [-0.2, -0.15) is 0 Å². The van der Waals surface area contributed by atoms with Crippen LogP contribution in [0.4, 0.5) is 16.0 Å². The summed E-state index contributed by atoms with van der Waals surface area (Å²) in [6.07, 6.45) is 0. The first kappa shape index (κ1) is 12.6. The summed E-state index contributed by atoms with van der Waals surface area (Å²) in [6, 6.07) is 7.52. The number of hydrazine groups is 1. The maximum Gasteiger partial charge on any atom is 0.433 e. The maximum atomic E-state index is 12.6. The van der Waals surface area contributed by atoms with Crippen LogP contribution in [0.2, 0.25) is 0 Å². The zero-order valence-corrected chi connectivity index (χ0v) is 9.42. The van der Waals surface area contributed by atoms with E-state index < -0.39 is 22.5 Å². The number of carbonyl (C=O) groups is 1. The number of benzene rings is 1. The van der Waals surface area contributed by atoms with E-state index in [4.69, 9.17) is 4.42 Å². The molecule has 0 aliphatic rings. The van der Waals surface area contributed by atoms with Gasteiger partial charge < -0.3 is 4.42 Å². The predicted molar refractivity (Wildman–Crippen MR) is 62.9 cm³/mol. The fourth-order valence-electron chi connectivity index (χ4n) is 1.27. The van der Waals surface area contributed by atoms with Crippen LogP contribution in [0.3, 0.4) is 0 Å². The van der Waals surface area contributed by atoms with Crippen molar-refractivity contribution in [2.24, 2.45) is 0 Å². The van der Waals surface area contributed by atoms with E-state index >= 15 is 0 Å². The molecule has 2 aromatic rings. The lowest BCUT2D eigenvalue weighted by atomic mass is 10.3. The van der Waals surface area contributed by atoms with E-state index in [1.54, 1.807) is 0 Å². The lowest BCUT2D eigenvalue weighted by Gasteiger charge is -2.06. The monoisotopic (exact) mass is 265 g/mol. The minimum Gasteiger partial charge on any atom is -0.395 e. The van der Waals surface area contributed by atoms with Gasteiger partial charge in [0.25, 0.3) is 0 Å². The van der Waals surface area contributed by atoms with Crippen LogP contribution in [0.5, 0.6) is 0 Å². The number of nitrogens with zero attached hydrogens (tertiary/aromatic N) is 1. The molecule has 7 nitrogen and oxygen atoms in total. The lowest BCUT2D eigenvalue weighted by Crippen LogP contribution is -2.28. The second kappa shape index (κ2) is 5.17. The van der Waals surface area contributed by atoms with Crippen molar-refractivity contribution in [1.29, 1.82) is 0 Å². The van der Waals surface area contributed by atoms with Crippen LogP contribution in [0.25, 0.3) is 0 Å². The van der Waals surface area contributed by atoms with Gasteiger partial charge in [-0.1, -0.05) is 0 Å². The molecule has 1 aromatic carbocycles. The molecule has 0 spiro atoms. The number of furan rings is 1. The first-order valence-electron chi connectivity index (χ1n) is 5.12. The van der Waals surface area contributed by atoms with Crippen molar-refractivity contribution in [2.75, 3.05) is 5.43 Å². The number of anilines is 1. The standard InChI is InChI=1S/C11H8FN3O4/c12-7-1-3-8(4-2-7)13-14-11(16)9-5-6-10(19-9)15(17)18/h1-6,13H,(H,14,16). The molecule has 98 valence electrons. The number of nitro groups is 1. The van der Waals surface area contributed by atoms with Gasteiger partial charge in [-0.05, 0) is 30.3 Å². The first-order valence-corrected chi connectivity index (χ1v) is 5.12. The number of halogens is 1. The quantitative estimate of drug-likeness (QED) is 0.651. The molecule has 0 saturated carbocycles. The highest BCUT2D eigenvalue weighted by Gasteiger charge is 2.16. The van der Waals surface area contributed by atoms with Gasteiger partial charge >= 0.3 is 11.8 Å². The van der Waals surface area contributed by atoms with E-state index in [9.17, 15) is 19.3 Å². The number of carbonyl (C=O) groups excluding carboxylic acids is 1. The summed E-state index contributed by atoms with van der Waals surface area (Å²) in [5, 5.41) is 10.4. The molecule has 0 aliphatic carbocycles. The van der Waals surface area contributed by atoms with Gasteiger partial charge in [0.2, 0.25) is 5.76 Å². The van der Waals surface area contributed by atoms with Gasteiger partial charge in [0.1, 0.15) is 10.7 Å². The van der Waals surface area contributed by atoms with E-state index in [1.807, 2.05) is 0 Å². The zero-order chi connectivity index (χ0) is 13.8. The van der Waals surface area contributed by atoms with Crippen LogP contribution in [0.1, 0.15) is 10.6 Å². The lowest BCUT2D eigenvalue weighted by molar-refractivity contribution is -0.402. The third kappa shape index (κ3) is 3.06. The Labute approximate surface area is 106 Å². The molecule has 0 saturated heterocycles. The molecule has 0 atom stereocenters. The molecule has 8 heteroatoms. The molecule has 0 unspecified atom stereocenters. The Bertz CT molecular complexity index is 609. The van der Waals surface area contributed by atoms with Crippen LogP contribution in [-0.2, 0) is 0 Å². The maximum absolute atomic E-state index is 12.6. The number of hydrogen-bond donors (Lipinski definition) is 2. The molecular formula is C11H8FN3O4. The highest BCUT2D eigenvalue weighted by molar-refractivity contribution is 5.92. The molecule has 0 bridgehead atoms. The van der Waals surface area contributed by atoms with Crippen LogP contribution in [0, 0.1) is 15.9 Å². The summed E-state index contributed by atoms with van der Waals surface area (Å²) in [5.74, 6) is -1.82. The van der Waals surface area contributed by atoms with Gasteiger partial charge in [0.05, 0.1) is 11.8 Å². The highest BCUT2D eigenvalue weighted by atomic mass is 19.1. The topological polar surface area (TPSA) is 97.4 Å². The number of nitrogens with one attached hydrogen (secondary N) is 2. The fraction of sp³-hybridized carbons (Fsp3) is 0. The molecule has 2 N–H and O–H groups in total. The Morgan fingerprint density at radius 2 is 1.89 bits per heavy atom. The van der Waals surface area contributed by atoms with Gasteiger partial charge in [-0.25, -0.2) is 4.39 Å². The molecule has 0 aliphatic heterocycles. The zero-order valence-electron chi connectivity index (χ0n) is 9.42. The first-order chi connectivity index (χ1) is 9.06. The second-order valence-corrected chi connectivity index (χ2v) is 3.48. The van der Waals surface area contributed by atoms with Crippen molar-refractivity contribution >= 4 is 17.5 Å². The summed E-state index contributed by atoms with van der Waals surface area (Å²) >= 11 is 0. The van der Waals surface area contributed by atoms with Gasteiger partial charge in [-0.15, -0.1) is 0 Å². The normalized spacial score (nSPS) is 9.95. The van der Waals surface area contributed by atoms with E-state index in [1.165, 1.54) is 30.3 Å². The average Bonchev–Trinajstić information content (AvgIpc) is 2.87. The summed E-state index contributed by atoms with van der Waals surface area (Å²) in [6.45, 7) is 0. The smallest absolute Gasteiger partial charge is 0.395 e.